The molecule has 2 unspecified atom stereocenters. The van der Waals surface area contributed by atoms with Crippen LogP contribution in [0.5, 0.6) is 5.75 Å². The zero-order valence-corrected chi connectivity index (χ0v) is 14.4. The number of para-hydroxylation sites is 1. The van der Waals surface area contributed by atoms with Crippen molar-refractivity contribution in [2.24, 2.45) is 5.92 Å². The van der Waals surface area contributed by atoms with E-state index >= 15 is 0 Å². The highest BCUT2D eigenvalue weighted by molar-refractivity contribution is 7.99. The molecule has 1 aromatic carbocycles. The third kappa shape index (κ3) is 4.65. The molecule has 0 saturated heterocycles. The number of fused-ring (bicyclic) bond motifs is 1. The molecule has 3 heteroatoms. The van der Waals surface area contributed by atoms with Gasteiger partial charge in [-0.1, -0.05) is 45.7 Å². The van der Waals surface area contributed by atoms with Crippen LogP contribution in [0.15, 0.2) is 29.2 Å². The van der Waals surface area contributed by atoms with Gasteiger partial charge in [-0.05, 0) is 37.4 Å². The number of hydrogen-bond donors (Lipinski definition) is 1. The third-order valence-electron chi connectivity index (χ3n) is 4.38. The van der Waals surface area contributed by atoms with E-state index in [0.717, 1.165) is 24.0 Å². The summed E-state index contributed by atoms with van der Waals surface area (Å²) in [7, 11) is 0. The predicted octanol–water partition coefficient (Wildman–Crippen LogP) is 4.73. The van der Waals surface area contributed by atoms with E-state index in [0.29, 0.717) is 6.04 Å². The quantitative estimate of drug-likeness (QED) is 0.750. The normalized spacial score (nSPS) is 19.1. The van der Waals surface area contributed by atoms with Crippen molar-refractivity contribution in [3.63, 3.8) is 0 Å². The van der Waals surface area contributed by atoms with Gasteiger partial charge in [0.1, 0.15) is 11.9 Å². The first-order valence-electron chi connectivity index (χ1n) is 8.40. The number of benzene rings is 1. The molecule has 0 saturated carbocycles. The van der Waals surface area contributed by atoms with Gasteiger partial charge < -0.3 is 10.1 Å². The van der Waals surface area contributed by atoms with Gasteiger partial charge in [0, 0.05) is 16.7 Å². The molecule has 0 aromatic heterocycles. The van der Waals surface area contributed by atoms with Gasteiger partial charge in [0.2, 0.25) is 0 Å². The van der Waals surface area contributed by atoms with Crippen molar-refractivity contribution in [3.8, 4) is 5.75 Å². The minimum atomic E-state index is 0.289. The lowest BCUT2D eigenvalue weighted by atomic mass is 9.92. The number of rotatable bonds is 8. The first kappa shape index (κ1) is 16.7. The SMILES string of the molecule is CCCNC(CC(CC)CC)C1CSc2ccccc2O1. The molecule has 0 spiro atoms. The van der Waals surface area contributed by atoms with Crippen LogP contribution in [0.3, 0.4) is 0 Å². The molecule has 0 fully saturated rings. The van der Waals surface area contributed by atoms with Crippen molar-refractivity contribution in [3.05, 3.63) is 24.3 Å². The van der Waals surface area contributed by atoms with Crippen LogP contribution in [0, 0.1) is 5.92 Å². The van der Waals surface area contributed by atoms with Crippen LogP contribution in [-0.2, 0) is 0 Å². The second-order valence-corrected chi connectivity index (χ2v) is 6.95. The largest absolute Gasteiger partial charge is 0.487 e. The van der Waals surface area contributed by atoms with E-state index in [1.807, 2.05) is 11.8 Å². The van der Waals surface area contributed by atoms with Gasteiger partial charge >= 0.3 is 0 Å². The highest BCUT2D eigenvalue weighted by Crippen LogP contribution is 2.36. The first-order chi connectivity index (χ1) is 10.3. The van der Waals surface area contributed by atoms with E-state index < -0.39 is 0 Å². The minimum Gasteiger partial charge on any atom is -0.487 e. The molecule has 1 aromatic rings. The fraction of sp³-hybridized carbons (Fsp3) is 0.667. The Morgan fingerprint density at radius 3 is 2.71 bits per heavy atom. The number of hydrogen-bond acceptors (Lipinski definition) is 3. The average Bonchev–Trinajstić information content (AvgIpc) is 2.55. The molecule has 2 rings (SSSR count). The molecule has 1 aliphatic rings. The maximum absolute atomic E-state index is 6.30. The lowest BCUT2D eigenvalue weighted by Gasteiger charge is -2.34. The summed E-state index contributed by atoms with van der Waals surface area (Å²) in [6, 6.07) is 8.88. The average molecular weight is 308 g/mol. The van der Waals surface area contributed by atoms with E-state index in [1.54, 1.807) is 0 Å². The third-order valence-corrected chi connectivity index (χ3v) is 5.52. The Balaban J connectivity index is 2.03. The summed E-state index contributed by atoms with van der Waals surface area (Å²) in [6.45, 7) is 7.91. The molecule has 0 radical (unpaired) electrons. The molecule has 2 atom stereocenters. The van der Waals surface area contributed by atoms with E-state index in [1.165, 1.54) is 30.6 Å². The summed E-state index contributed by atoms with van der Waals surface area (Å²) in [6.07, 6.45) is 5.21. The van der Waals surface area contributed by atoms with E-state index in [-0.39, 0.29) is 6.10 Å². The lowest BCUT2D eigenvalue weighted by Crippen LogP contribution is -2.47. The monoisotopic (exact) mass is 307 g/mol. The maximum Gasteiger partial charge on any atom is 0.133 e. The number of ether oxygens (including phenoxy) is 1. The summed E-state index contributed by atoms with van der Waals surface area (Å²) in [4.78, 5) is 1.28. The van der Waals surface area contributed by atoms with Crippen LogP contribution < -0.4 is 10.1 Å². The topological polar surface area (TPSA) is 21.3 Å². The van der Waals surface area contributed by atoms with Crippen molar-refractivity contribution in [1.82, 2.24) is 5.32 Å². The molecule has 1 aliphatic heterocycles. The molecule has 2 nitrogen and oxygen atoms in total. The number of thioether (sulfide) groups is 1. The van der Waals surface area contributed by atoms with Gasteiger partial charge in [-0.3, -0.25) is 0 Å². The molecule has 1 heterocycles. The molecule has 0 bridgehead atoms. The smallest absolute Gasteiger partial charge is 0.133 e. The summed E-state index contributed by atoms with van der Waals surface area (Å²) in [5, 5.41) is 3.73. The maximum atomic E-state index is 6.30. The van der Waals surface area contributed by atoms with Crippen LogP contribution >= 0.6 is 11.8 Å². The van der Waals surface area contributed by atoms with Crippen LogP contribution in [0.25, 0.3) is 0 Å². The molecular formula is C18H29NOS. The van der Waals surface area contributed by atoms with Gasteiger partial charge in [0.25, 0.3) is 0 Å². The van der Waals surface area contributed by atoms with E-state index in [9.17, 15) is 0 Å². The second-order valence-electron chi connectivity index (χ2n) is 5.89. The zero-order valence-electron chi connectivity index (χ0n) is 13.6. The zero-order chi connectivity index (χ0) is 15.1. The molecular weight excluding hydrogens is 278 g/mol. The van der Waals surface area contributed by atoms with Crippen molar-refractivity contribution in [2.45, 2.75) is 63.5 Å². The lowest BCUT2D eigenvalue weighted by molar-refractivity contribution is 0.148. The fourth-order valence-electron chi connectivity index (χ4n) is 2.91. The summed E-state index contributed by atoms with van der Waals surface area (Å²) in [5.74, 6) is 2.91. The van der Waals surface area contributed by atoms with Gasteiger partial charge in [0.05, 0.1) is 0 Å². The Bertz CT molecular complexity index is 419. The highest BCUT2D eigenvalue weighted by Gasteiger charge is 2.29. The summed E-state index contributed by atoms with van der Waals surface area (Å²) in [5.41, 5.74) is 0. The van der Waals surface area contributed by atoms with Crippen molar-refractivity contribution >= 4 is 11.8 Å². The summed E-state index contributed by atoms with van der Waals surface area (Å²) < 4.78 is 6.30. The molecule has 0 amide bonds. The molecule has 21 heavy (non-hydrogen) atoms. The fourth-order valence-corrected chi connectivity index (χ4v) is 3.99. The van der Waals surface area contributed by atoms with Crippen molar-refractivity contribution in [2.75, 3.05) is 12.3 Å². The van der Waals surface area contributed by atoms with Crippen LogP contribution in [-0.4, -0.2) is 24.4 Å². The predicted molar refractivity (Wildman–Crippen MR) is 92.4 cm³/mol. The first-order valence-corrected chi connectivity index (χ1v) is 9.38. The number of nitrogens with one attached hydrogen (secondary N) is 1. The van der Waals surface area contributed by atoms with Crippen molar-refractivity contribution < 1.29 is 4.74 Å². The van der Waals surface area contributed by atoms with Gasteiger partial charge in [-0.2, -0.15) is 0 Å². The Morgan fingerprint density at radius 2 is 2.00 bits per heavy atom. The van der Waals surface area contributed by atoms with E-state index in [2.05, 4.69) is 50.4 Å². The molecule has 0 aliphatic carbocycles. The Hall–Kier alpha value is -0.670. The molecule has 1 N–H and O–H groups in total. The van der Waals surface area contributed by atoms with Crippen LogP contribution in [0.4, 0.5) is 0 Å². The van der Waals surface area contributed by atoms with Gasteiger partial charge in [-0.15, -0.1) is 11.8 Å². The van der Waals surface area contributed by atoms with Crippen LogP contribution in [0.2, 0.25) is 0 Å². The van der Waals surface area contributed by atoms with Crippen molar-refractivity contribution in [1.29, 1.82) is 0 Å². The highest BCUT2D eigenvalue weighted by atomic mass is 32.2. The van der Waals surface area contributed by atoms with Gasteiger partial charge in [-0.25, -0.2) is 0 Å². The van der Waals surface area contributed by atoms with Crippen LogP contribution in [0.1, 0.15) is 46.5 Å². The molecule has 118 valence electrons. The minimum absolute atomic E-state index is 0.289. The standard InChI is InChI=1S/C18H29NOS/c1-4-11-19-15(12-14(5-2)6-3)17-13-21-18-10-8-7-9-16(18)20-17/h7-10,14-15,17,19H,4-6,11-13H2,1-3H3. The Kier molecular flexibility index (Phi) is 6.91. The second kappa shape index (κ2) is 8.70. The Labute approximate surface area is 134 Å². The van der Waals surface area contributed by atoms with Gasteiger partial charge in [0.15, 0.2) is 0 Å². The van der Waals surface area contributed by atoms with E-state index in [4.69, 9.17) is 4.74 Å². The Morgan fingerprint density at radius 1 is 1.24 bits per heavy atom. The summed E-state index contributed by atoms with van der Waals surface area (Å²) >= 11 is 1.94.